The van der Waals surface area contributed by atoms with Gasteiger partial charge < -0.3 is 19.5 Å². The molecule has 1 aromatic rings. The first kappa shape index (κ1) is 21.5. The van der Waals surface area contributed by atoms with Gasteiger partial charge >= 0.3 is 5.97 Å². The molecule has 0 bridgehead atoms. The summed E-state index contributed by atoms with van der Waals surface area (Å²) in [5, 5.41) is 9.45. The number of fused-ring (bicyclic) bond motifs is 2. The minimum atomic E-state index is -1.10. The Morgan fingerprint density at radius 3 is 2.14 bits per heavy atom. The van der Waals surface area contributed by atoms with Crippen LogP contribution in [0.1, 0.15) is 25.0 Å². The van der Waals surface area contributed by atoms with Gasteiger partial charge in [0.25, 0.3) is 0 Å². The van der Waals surface area contributed by atoms with Crippen LogP contribution in [0.4, 0.5) is 0 Å². The van der Waals surface area contributed by atoms with Crippen LogP contribution >= 0.6 is 23.5 Å². The summed E-state index contributed by atoms with van der Waals surface area (Å²) in [7, 11) is 0. The van der Waals surface area contributed by atoms with Crippen molar-refractivity contribution < 1.29 is 33.8 Å². The van der Waals surface area contributed by atoms with Gasteiger partial charge in [0.15, 0.2) is 21.7 Å². The number of carboxylic acid groups (broad SMARTS) is 1. The van der Waals surface area contributed by atoms with Crippen LogP contribution in [-0.4, -0.2) is 56.5 Å². The molecule has 0 spiro atoms. The van der Waals surface area contributed by atoms with Crippen molar-refractivity contribution in [2.75, 3.05) is 18.3 Å². The zero-order valence-electron chi connectivity index (χ0n) is 16.0. The maximum atomic E-state index is 13.2. The van der Waals surface area contributed by atoms with E-state index in [2.05, 4.69) is 0 Å². The van der Waals surface area contributed by atoms with E-state index in [-0.39, 0.29) is 47.4 Å². The number of carbonyl (C=O) groups is 4. The Hall–Kier alpha value is -2.20. The molecular weight excluding hydrogens is 418 g/mol. The highest BCUT2D eigenvalue weighted by molar-refractivity contribution is 8.14. The van der Waals surface area contributed by atoms with Crippen LogP contribution in [0.3, 0.4) is 0 Å². The van der Waals surface area contributed by atoms with Gasteiger partial charge in [0, 0.05) is 38.3 Å². The van der Waals surface area contributed by atoms with Gasteiger partial charge in [0.2, 0.25) is 12.7 Å². The van der Waals surface area contributed by atoms with Gasteiger partial charge in [-0.2, -0.15) is 0 Å². The Morgan fingerprint density at radius 1 is 1.07 bits per heavy atom. The van der Waals surface area contributed by atoms with E-state index in [0.29, 0.717) is 11.5 Å². The summed E-state index contributed by atoms with van der Waals surface area (Å²) in [6.45, 7) is 3.04. The standard InChI is InChI=1S/C19H21NO7S2/c1-10(21)28-7-14(8-29-11(2)22)18(23)20-6-13-5-17-16(26-9-27-17)4-12(13)3-15(20)19(24)25/h4-5,14-15H,3,6-9H2,1-2H3,(H,24,25). The van der Waals surface area contributed by atoms with E-state index in [0.717, 1.165) is 34.7 Å². The smallest absolute Gasteiger partial charge is 0.326 e. The van der Waals surface area contributed by atoms with Gasteiger partial charge in [-0.15, -0.1) is 0 Å². The number of ether oxygens (including phenoxy) is 2. The molecule has 8 nitrogen and oxygen atoms in total. The van der Waals surface area contributed by atoms with Crippen molar-refractivity contribution in [3.63, 3.8) is 0 Å². The fraction of sp³-hybridized carbons (Fsp3) is 0.474. The minimum absolute atomic E-state index is 0.107. The van der Waals surface area contributed by atoms with Crippen molar-refractivity contribution in [3.8, 4) is 11.5 Å². The summed E-state index contributed by atoms with van der Waals surface area (Å²) in [5.74, 6) is -0.574. The first-order valence-corrected chi connectivity index (χ1v) is 10.9. The van der Waals surface area contributed by atoms with E-state index >= 15 is 0 Å². The topological polar surface area (TPSA) is 110 Å². The van der Waals surface area contributed by atoms with Crippen LogP contribution in [0.25, 0.3) is 0 Å². The second-order valence-corrected chi connectivity index (χ2v) is 9.19. The third kappa shape index (κ3) is 5.05. The summed E-state index contributed by atoms with van der Waals surface area (Å²) < 4.78 is 10.8. The maximum absolute atomic E-state index is 13.2. The first-order valence-electron chi connectivity index (χ1n) is 8.97. The Balaban J connectivity index is 1.86. The normalized spacial score (nSPS) is 17.2. The summed E-state index contributed by atoms with van der Waals surface area (Å²) in [6.07, 6.45) is 0.152. The molecule has 1 atom stereocenters. The number of benzene rings is 1. The number of carbonyl (C=O) groups excluding carboxylic acids is 3. The molecule has 1 unspecified atom stereocenters. The lowest BCUT2D eigenvalue weighted by Crippen LogP contribution is -2.51. The Bertz CT molecular complexity index is 839. The average Bonchev–Trinajstić information content (AvgIpc) is 3.11. The molecule has 1 N–H and O–H groups in total. The Kier molecular flexibility index (Phi) is 6.74. The molecule has 29 heavy (non-hydrogen) atoms. The van der Waals surface area contributed by atoms with Crippen LogP contribution < -0.4 is 9.47 Å². The van der Waals surface area contributed by atoms with Crippen LogP contribution in [-0.2, 0) is 32.1 Å². The van der Waals surface area contributed by atoms with Crippen molar-refractivity contribution in [2.24, 2.45) is 5.92 Å². The molecular formula is C19H21NO7S2. The van der Waals surface area contributed by atoms with Crippen molar-refractivity contribution in [1.82, 2.24) is 4.90 Å². The number of hydrogen-bond acceptors (Lipinski definition) is 8. The van der Waals surface area contributed by atoms with Crippen LogP contribution in [0, 0.1) is 5.92 Å². The summed E-state index contributed by atoms with van der Waals surface area (Å²) in [6, 6.07) is 2.52. The zero-order valence-corrected chi connectivity index (χ0v) is 17.6. The number of amides is 1. The largest absolute Gasteiger partial charge is 0.480 e. The van der Waals surface area contributed by atoms with E-state index in [1.807, 2.05) is 0 Å². The highest BCUT2D eigenvalue weighted by Crippen LogP contribution is 2.38. The molecule has 0 radical (unpaired) electrons. The van der Waals surface area contributed by atoms with Gasteiger partial charge in [-0.05, 0) is 23.3 Å². The monoisotopic (exact) mass is 439 g/mol. The lowest BCUT2D eigenvalue weighted by atomic mass is 9.92. The molecule has 3 rings (SSSR count). The lowest BCUT2D eigenvalue weighted by molar-refractivity contribution is -0.152. The molecule has 2 heterocycles. The van der Waals surface area contributed by atoms with Crippen molar-refractivity contribution in [1.29, 1.82) is 0 Å². The van der Waals surface area contributed by atoms with Crippen molar-refractivity contribution in [2.45, 2.75) is 32.9 Å². The van der Waals surface area contributed by atoms with Crippen LogP contribution in [0.2, 0.25) is 0 Å². The predicted octanol–water partition coefficient (Wildman–Crippen LogP) is 1.93. The van der Waals surface area contributed by atoms with Gasteiger partial charge in [0.05, 0.1) is 5.92 Å². The maximum Gasteiger partial charge on any atom is 0.326 e. The summed E-state index contributed by atoms with van der Waals surface area (Å²) in [4.78, 5) is 49.2. The van der Waals surface area contributed by atoms with Gasteiger partial charge in [0.1, 0.15) is 6.04 Å². The van der Waals surface area contributed by atoms with E-state index in [1.54, 1.807) is 12.1 Å². The fourth-order valence-electron chi connectivity index (χ4n) is 3.29. The summed E-state index contributed by atoms with van der Waals surface area (Å²) in [5.41, 5.74) is 1.61. The van der Waals surface area contributed by atoms with Crippen LogP contribution in [0.15, 0.2) is 12.1 Å². The third-order valence-corrected chi connectivity index (χ3v) is 6.67. The number of nitrogens with zero attached hydrogens (tertiary/aromatic N) is 1. The van der Waals surface area contributed by atoms with E-state index in [9.17, 15) is 24.3 Å². The van der Waals surface area contributed by atoms with E-state index in [4.69, 9.17) is 9.47 Å². The minimum Gasteiger partial charge on any atom is -0.480 e. The highest BCUT2D eigenvalue weighted by Gasteiger charge is 2.38. The quantitative estimate of drug-likeness (QED) is 0.711. The van der Waals surface area contributed by atoms with Gasteiger partial charge in [-0.25, -0.2) is 4.79 Å². The molecule has 0 saturated carbocycles. The van der Waals surface area contributed by atoms with Gasteiger partial charge in [-0.3, -0.25) is 14.4 Å². The molecule has 0 aromatic heterocycles. The molecule has 10 heteroatoms. The van der Waals surface area contributed by atoms with Crippen molar-refractivity contribution in [3.05, 3.63) is 23.3 Å². The Morgan fingerprint density at radius 2 is 1.62 bits per heavy atom. The number of thioether (sulfide) groups is 2. The number of rotatable bonds is 6. The number of carboxylic acids is 1. The predicted molar refractivity (Wildman–Crippen MR) is 108 cm³/mol. The number of hydrogen-bond donors (Lipinski definition) is 1. The van der Waals surface area contributed by atoms with E-state index in [1.165, 1.54) is 18.7 Å². The molecule has 0 fully saturated rings. The zero-order chi connectivity index (χ0) is 21.1. The lowest BCUT2D eigenvalue weighted by Gasteiger charge is -2.36. The second kappa shape index (κ2) is 9.08. The fourth-order valence-corrected chi connectivity index (χ4v) is 4.83. The number of aliphatic carboxylic acids is 1. The van der Waals surface area contributed by atoms with Crippen molar-refractivity contribution >= 4 is 45.6 Å². The van der Waals surface area contributed by atoms with Crippen LogP contribution in [0.5, 0.6) is 11.5 Å². The molecule has 156 valence electrons. The first-order chi connectivity index (χ1) is 13.8. The SMILES string of the molecule is CC(=O)SCC(CSC(C)=O)C(=O)N1Cc2cc3c(cc2CC1C(=O)O)OCO3. The molecule has 1 aromatic carbocycles. The molecule has 2 aliphatic rings. The van der Waals surface area contributed by atoms with E-state index < -0.39 is 17.9 Å². The molecule has 1 amide bonds. The molecule has 0 saturated heterocycles. The van der Waals surface area contributed by atoms with Gasteiger partial charge in [-0.1, -0.05) is 23.5 Å². The Labute approximate surface area is 176 Å². The average molecular weight is 440 g/mol. The highest BCUT2D eigenvalue weighted by atomic mass is 32.2. The molecule has 0 aliphatic carbocycles. The third-order valence-electron chi connectivity index (χ3n) is 4.72. The second-order valence-electron chi connectivity index (χ2n) is 6.80. The molecule has 2 aliphatic heterocycles. The summed E-state index contributed by atoms with van der Waals surface area (Å²) >= 11 is 2.00.